The fraction of sp³-hybridized carbons (Fsp3) is 0.625. The van der Waals surface area contributed by atoms with Crippen molar-refractivity contribution in [3.63, 3.8) is 0 Å². The van der Waals surface area contributed by atoms with Crippen LogP contribution in [0.3, 0.4) is 0 Å². The van der Waals surface area contributed by atoms with Gasteiger partial charge >= 0.3 is 0 Å². The average Bonchev–Trinajstić information content (AvgIpc) is 2.63. The van der Waals surface area contributed by atoms with E-state index < -0.39 is 0 Å². The summed E-state index contributed by atoms with van der Waals surface area (Å²) in [5.41, 5.74) is 3.20. The van der Waals surface area contributed by atoms with E-state index in [0.29, 0.717) is 0 Å². The largest absolute Gasteiger partial charge is 0.370 e. The highest BCUT2D eigenvalue weighted by molar-refractivity contribution is 5.61. The minimum Gasteiger partial charge on any atom is -0.370 e. The molecule has 2 nitrogen and oxygen atoms in total. The summed E-state index contributed by atoms with van der Waals surface area (Å²) in [6.45, 7) is 9.47. The van der Waals surface area contributed by atoms with Crippen molar-refractivity contribution in [2.45, 2.75) is 32.1 Å². The molecule has 0 saturated carbocycles. The molecule has 1 radical (unpaired) electrons. The molecule has 2 heteroatoms. The van der Waals surface area contributed by atoms with Crippen LogP contribution in [0.25, 0.3) is 0 Å². The molecule has 0 unspecified atom stereocenters. The Balaban J connectivity index is 1.78. The van der Waals surface area contributed by atoms with Crippen LogP contribution in [0.15, 0.2) is 18.2 Å². The molecule has 0 aromatic heterocycles. The Kier molecular flexibility index (Phi) is 3.06. The van der Waals surface area contributed by atoms with E-state index >= 15 is 0 Å². The Morgan fingerprint density at radius 2 is 2.17 bits per heavy atom. The first-order valence-electron chi connectivity index (χ1n) is 7.13. The minimum absolute atomic E-state index is 0.289. The zero-order valence-corrected chi connectivity index (χ0v) is 11.5. The Morgan fingerprint density at radius 3 is 2.94 bits per heavy atom. The van der Waals surface area contributed by atoms with Crippen molar-refractivity contribution in [2.24, 2.45) is 5.92 Å². The lowest BCUT2D eigenvalue weighted by Crippen LogP contribution is -2.37. The van der Waals surface area contributed by atoms with Crippen molar-refractivity contribution in [1.82, 2.24) is 5.32 Å². The fourth-order valence-corrected chi connectivity index (χ4v) is 3.44. The summed E-state index contributed by atoms with van der Waals surface area (Å²) in [6, 6.07) is 9.71. The number of hydrogen-bond acceptors (Lipinski definition) is 2. The zero-order chi connectivity index (χ0) is 12.6. The molecule has 0 spiro atoms. The molecule has 18 heavy (non-hydrogen) atoms. The molecule has 0 aliphatic carbocycles. The van der Waals surface area contributed by atoms with Crippen molar-refractivity contribution < 1.29 is 0 Å². The van der Waals surface area contributed by atoms with Gasteiger partial charge in [-0.05, 0) is 49.5 Å². The van der Waals surface area contributed by atoms with Gasteiger partial charge in [0.2, 0.25) is 0 Å². The maximum atomic E-state index is 3.45. The van der Waals surface area contributed by atoms with Crippen LogP contribution >= 0.6 is 0 Å². The minimum atomic E-state index is 0.289. The Bertz CT molecular complexity index is 419. The van der Waals surface area contributed by atoms with Crippen LogP contribution in [-0.4, -0.2) is 26.2 Å². The third-order valence-electron chi connectivity index (χ3n) is 4.44. The van der Waals surface area contributed by atoms with Gasteiger partial charge in [-0.25, -0.2) is 0 Å². The fourth-order valence-electron chi connectivity index (χ4n) is 3.44. The number of nitrogens with zero attached hydrogens (tertiary/aromatic N) is 1. The van der Waals surface area contributed by atoms with Crippen LogP contribution in [-0.2, 0) is 5.41 Å². The molecule has 0 amide bonds. The van der Waals surface area contributed by atoms with E-state index in [0.717, 1.165) is 12.5 Å². The van der Waals surface area contributed by atoms with Crippen LogP contribution in [0.4, 0.5) is 5.69 Å². The predicted molar refractivity (Wildman–Crippen MR) is 76.1 cm³/mol. The van der Waals surface area contributed by atoms with Gasteiger partial charge in [0.1, 0.15) is 0 Å². The Morgan fingerprint density at radius 1 is 1.39 bits per heavy atom. The van der Waals surface area contributed by atoms with E-state index in [9.17, 15) is 0 Å². The van der Waals surface area contributed by atoms with Crippen molar-refractivity contribution in [3.05, 3.63) is 29.8 Å². The van der Waals surface area contributed by atoms with Crippen molar-refractivity contribution in [1.29, 1.82) is 0 Å². The van der Waals surface area contributed by atoms with Crippen LogP contribution < -0.4 is 10.2 Å². The van der Waals surface area contributed by atoms with Gasteiger partial charge in [-0.15, -0.1) is 0 Å². The number of fused-ring (bicyclic) bond motifs is 1. The summed E-state index contributed by atoms with van der Waals surface area (Å²) in [6.07, 6.45) is 2.64. The molecular weight excluding hydrogens is 220 g/mol. The van der Waals surface area contributed by atoms with Gasteiger partial charge in [-0.2, -0.15) is 0 Å². The molecule has 2 heterocycles. The highest BCUT2D eigenvalue weighted by Crippen LogP contribution is 2.40. The van der Waals surface area contributed by atoms with E-state index in [1.807, 2.05) is 0 Å². The molecule has 97 valence electrons. The van der Waals surface area contributed by atoms with Crippen molar-refractivity contribution >= 4 is 5.69 Å². The van der Waals surface area contributed by atoms with E-state index in [2.05, 4.69) is 48.3 Å². The van der Waals surface area contributed by atoms with Gasteiger partial charge in [0, 0.05) is 24.2 Å². The first-order chi connectivity index (χ1) is 8.67. The molecule has 2 aliphatic heterocycles. The van der Waals surface area contributed by atoms with Crippen molar-refractivity contribution in [3.8, 4) is 0 Å². The first kappa shape index (κ1) is 12.0. The number of piperidine rings is 1. The van der Waals surface area contributed by atoms with E-state index in [1.165, 1.54) is 43.7 Å². The van der Waals surface area contributed by atoms with E-state index in [-0.39, 0.29) is 5.41 Å². The second-order valence-electron chi connectivity index (χ2n) is 6.40. The monoisotopic (exact) mass is 243 g/mol. The van der Waals surface area contributed by atoms with Gasteiger partial charge in [0.25, 0.3) is 0 Å². The average molecular weight is 243 g/mol. The van der Waals surface area contributed by atoms with Gasteiger partial charge in [-0.3, -0.25) is 0 Å². The molecular formula is C16H23N2. The maximum absolute atomic E-state index is 3.45. The van der Waals surface area contributed by atoms with Crippen LogP contribution in [0.5, 0.6) is 0 Å². The summed E-state index contributed by atoms with van der Waals surface area (Å²) >= 11 is 0. The SMILES string of the molecule is CC1(C)CN(CC2CCNCC2)c2c[c]ccc21. The molecule has 1 aromatic carbocycles. The van der Waals surface area contributed by atoms with Crippen LogP contribution in [0.1, 0.15) is 32.3 Å². The molecule has 1 N–H and O–H groups in total. The smallest absolute Gasteiger partial charge is 0.0411 e. The highest BCUT2D eigenvalue weighted by atomic mass is 15.2. The standard InChI is InChI=1S/C16H23N2/c1-16(2)12-18(11-13-7-9-17-10-8-13)15-6-4-3-5-14(15)16/h3,5-6,13,17H,7-12H2,1-2H3. The van der Waals surface area contributed by atoms with E-state index in [1.54, 1.807) is 0 Å². The molecule has 0 bridgehead atoms. The van der Waals surface area contributed by atoms with Crippen LogP contribution in [0.2, 0.25) is 0 Å². The third-order valence-corrected chi connectivity index (χ3v) is 4.44. The second-order valence-corrected chi connectivity index (χ2v) is 6.40. The summed E-state index contributed by atoms with van der Waals surface area (Å²) in [5, 5.41) is 3.45. The van der Waals surface area contributed by atoms with Gasteiger partial charge in [-0.1, -0.05) is 26.0 Å². The molecule has 0 atom stereocenters. The summed E-state index contributed by atoms with van der Waals surface area (Å²) in [5.74, 6) is 0.855. The zero-order valence-electron chi connectivity index (χ0n) is 11.5. The molecule has 2 aliphatic rings. The number of nitrogens with one attached hydrogen (secondary N) is 1. The van der Waals surface area contributed by atoms with Crippen LogP contribution in [0, 0.1) is 12.0 Å². The predicted octanol–water partition coefficient (Wildman–Crippen LogP) is 2.58. The van der Waals surface area contributed by atoms with Gasteiger partial charge in [0.05, 0.1) is 0 Å². The normalized spacial score (nSPS) is 23.1. The number of hydrogen-bond donors (Lipinski definition) is 1. The third kappa shape index (κ3) is 2.14. The lowest BCUT2D eigenvalue weighted by molar-refractivity contribution is 0.370. The number of benzene rings is 1. The summed E-state index contributed by atoms with van der Waals surface area (Å²) in [4.78, 5) is 2.59. The topological polar surface area (TPSA) is 15.3 Å². The summed E-state index contributed by atoms with van der Waals surface area (Å²) < 4.78 is 0. The second kappa shape index (κ2) is 4.58. The number of anilines is 1. The molecule has 1 fully saturated rings. The Labute approximate surface area is 110 Å². The Hall–Kier alpha value is -1.02. The lowest BCUT2D eigenvalue weighted by atomic mass is 9.87. The highest BCUT2D eigenvalue weighted by Gasteiger charge is 2.35. The molecule has 1 aromatic rings. The van der Waals surface area contributed by atoms with Crippen molar-refractivity contribution in [2.75, 3.05) is 31.1 Å². The lowest BCUT2D eigenvalue weighted by Gasteiger charge is -2.30. The molecule has 3 rings (SSSR count). The van der Waals surface area contributed by atoms with E-state index in [4.69, 9.17) is 0 Å². The maximum Gasteiger partial charge on any atom is 0.0411 e. The number of rotatable bonds is 2. The quantitative estimate of drug-likeness (QED) is 0.859. The van der Waals surface area contributed by atoms with Gasteiger partial charge < -0.3 is 10.2 Å². The summed E-state index contributed by atoms with van der Waals surface area (Å²) in [7, 11) is 0. The molecule has 1 saturated heterocycles. The first-order valence-corrected chi connectivity index (χ1v) is 7.13. The van der Waals surface area contributed by atoms with Gasteiger partial charge in [0.15, 0.2) is 0 Å².